The van der Waals surface area contributed by atoms with Crippen LogP contribution in [-0.2, 0) is 6.61 Å². The smallest absolute Gasteiger partial charge is 0.347 e. The van der Waals surface area contributed by atoms with Gasteiger partial charge < -0.3 is 9.47 Å². The Morgan fingerprint density at radius 3 is 2.32 bits per heavy atom. The van der Waals surface area contributed by atoms with Crippen LogP contribution in [0.15, 0.2) is 72.8 Å². The van der Waals surface area contributed by atoms with Crippen LogP contribution in [0.5, 0.6) is 11.5 Å². The van der Waals surface area contributed by atoms with Crippen LogP contribution in [-0.4, -0.2) is 5.97 Å². The summed E-state index contributed by atoms with van der Waals surface area (Å²) in [7, 11) is 0. The summed E-state index contributed by atoms with van der Waals surface area (Å²) >= 11 is 11.9. The van der Waals surface area contributed by atoms with Gasteiger partial charge in [-0.05, 0) is 42.0 Å². The van der Waals surface area contributed by atoms with Crippen LogP contribution in [0.1, 0.15) is 15.9 Å². The highest BCUT2D eigenvalue weighted by molar-refractivity contribution is 6.42. The minimum absolute atomic E-state index is 0.256. The fourth-order valence-corrected chi connectivity index (χ4v) is 2.52. The van der Waals surface area contributed by atoms with Gasteiger partial charge in [0.2, 0.25) is 0 Å². The number of ether oxygens (including phenoxy) is 2. The minimum atomic E-state index is -0.476. The summed E-state index contributed by atoms with van der Waals surface area (Å²) in [4.78, 5) is 12.4. The zero-order chi connectivity index (χ0) is 17.6. The molecule has 3 nitrogen and oxygen atoms in total. The van der Waals surface area contributed by atoms with Gasteiger partial charge in [-0.1, -0.05) is 59.6 Å². The highest BCUT2D eigenvalue weighted by Gasteiger charge is 2.14. The average Bonchev–Trinajstić information content (AvgIpc) is 2.64. The van der Waals surface area contributed by atoms with Gasteiger partial charge in [0.25, 0.3) is 0 Å². The lowest BCUT2D eigenvalue weighted by atomic mass is 10.2. The molecule has 0 bridgehead atoms. The Kier molecular flexibility index (Phi) is 5.59. The van der Waals surface area contributed by atoms with Gasteiger partial charge in [-0.2, -0.15) is 0 Å². The van der Waals surface area contributed by atoms with Crippen LogP contribution in [0.4, 0.5) is 0 Å². The molecule has 0 aliphatic carbocycles. The van der Waals surface area contributed by atoms with Crippen LogP contribution < -0.4 is 9.47 Å². The molecule has 0 aliphatic heterocycles. The van der Waals surface area contributed by atoms with E-state index in [9.17, 15) is 4.79 Å². The molecule has 3 aromatic carbocycles. The van der Waals surface area contributed by atoms with E-state index in [0.29, 0.717) is 27.1 Å². The van der Waals surface area contributed by atoms with Gasteiger partial charge >= 0.3 is 5.97 Å². The molecule has 0 radical (unpaired) electrons. The van der Waals surface area contributed by atoms with E-state index in [0.717, 1.165) is 5.56 Å². The molecular formula is C20H14Cl2O3. The Bertz CT molecular complexity index is 879. The quantitative estimate of drug-likeness (QED) is 0.419. The normalized spacial score (nSPS) is 10.3. The second-order valence-corrected chi connectivity index (χ2v) is 6.05. The van der Waals surface area contributed by atoms with E-state index in [1.807, 2.05) is 12.1 Å². The summed E-state index contributed by atoms with van der Waals surface area (Å²) in [6, 6.07) is 21.1. The van der Waals surface area contributed by atoms with Crippen LogP contribution >= 0.6 is 23.2 Å². The van der Waals surface area contributed by atoms with E-state index in [1.165, 1.54) is 0 Å². The molecule has 0 unspecified atom stereocenters. The van der Waals surface area contributed by atoms with E-state index < -0.39 is 5.97 Å². The van der Waals surface area contributed by atoms with Crippen molar-refractivity contribution in [2.24, 2.45) is 0 Å². The summed E-state index contributed by atoms with van der Waals surface area (Å²) in [6.45, 7) is 0.256. The Hall–Kier alpha value is -2.49. The highest BCUT2D eigenvalue weighted by atomic mass is 35.5. The van der Waals surface area contributed by atoms with Crippen molar-refractivity contribution in [3.8, 4) is 11.5 Å². The topological polar surface area (TPSA) is 35.5 Å². The summed E-state index contributed by atoms with van der Waals surface area (Å²) in [6.07, 6.45) is 0. The Morgan fingerprint density at radius 2 is 1.56 bits per heavy atom. The van der Waals surface area contributed by atoms with Gasteiger partial charge in [-0.3, -0.25) is 0 Å². The van der Waals surface area contributed by atoms with Crippen molar-refractivity contribution in [2.45, 2.75) is 6.61 Å². The molecule has 0 atom stereocenters. The zero-order valence-corrected chi connectivity index (χ0v) is 14.6. The van der Waals surface area contributed by atoms with Crippen LogP contribution in [0, 0.1) is 0 Å². The van der Waals surface area contributed by atoms with Crippen molar-refractivity contribution in [1.29, 1.82) is 0 Å². The number of esters is 1. The number of para-hydroxylation sites is 2. The Labute approximate surface area is 155 Å². The fourth-order valence-electron chi connectivity index (χ4n) is 2.20. The van der Waals surface area contributed by atoms with Crippen molar-refractivity contribution >= 4 is 29.2 Å². The second-order valence-electron chi connectivity index (χ2n) is 5.24. The number of hydrogen-bond acceptors (Lipinski definition) is 3. The number of benzene rings is 3. The monoisotopic (exact) mass is 372 g/mol. The number of halogens is 2. The van der Waals surface area contributed by atoms with E-state index in [1.54, 1.807) is 60.7 Å². The largest absolute Gasteiger partial charge is 0.488 e. The molecule has 0 saturated carbocycles. The van der Waals surface area contributed by atoms with Crippen molar-refractivity contribution in [2.75, 3.05) is 0 Å². The maximum atomic E-state index is 12.4. The molecule has 0 spiro atoms. The number of carbonyl (C=O) groups excluding carboxylic acids is 1. The van der Waals surface area contributed by atoms with Crippen molar-refractivity contribution in [3.05, 3.63) is 94.0 Å². The summed E-state index contributed by atoms with van der Waals surface area (Å²) < 4.78 is 11.1. The third-order valence-electron chi connectivity index (χ3n) is 3.44. The molecule has 0 saturated heterocycles. The molecule has 0 heterocycles. The molecule has 126 valence electrons. The molecule has 0 N–H and O–H groups in total. The molecule has 0 fully saturated rings. The number of hydrogen-bond donors (Lipinski definition) is 0. The third-order valence-corrected chi connectivity index (χ3v) is 4.18. The van der Waals surface area contributed by atoms with Crippen molar-refractivity contribution < 1.29 is 14.3 Å². The summed E-state index contributed by atoms with van der Waals surface area (Å²) in [5.41, 5.74) is 1.20. The molecule has 3 aromatic rings. The maximum Gasteiger partial charge on any atom is 0.347 e. The molecule has 0 amide bonds. The van der Waals surface area contributed by atoms with Crippen LogP contribution in [0.2, 0.25) is 10.0 Å². The summed E-state index contributed by atoms with van der Waals surface area (Å²) in [5, 5.41) is 0.941. The average molecular weight is 373 g/mol. The fraction of sp³-hybridized carbons (Fsp3) is 0.0500. The van der Waals surface area contributed by atoms with E-state index >= 15 is 0 Å². The molecule has 25 heavy (non-hydrogen) atoms. The Morgan fingerprint density at radius 1 is 0.840 bits per heavy atom. The predicted octanol–water partition coefficient (Wildman–Crippen LogP) is 5.79. The second kappa shape index (κ2) is 8.06. The van der Waals surface area contributed by atoms with Crippen molar-refractivity contribution in [3.63, 3.8) is 0 Å². The lowest BCUT2D eigenvalue weighted by molar-refractivity contribution is 0.0729. The molecule has 3 rings (SSSR count). The number of carbonyl (C=O) groups is 1. The molecular weight excluding hydrogens is 359 g/mol. The molecule has 5 heteroatoms. The van der Waals surface area contributed by atoms with Crippen LogP contribution in [0.25, 0.3) is 0 Å². The first-order valence-electron chi connectivity index (χ1n) is 7.56. The predicted molar refractivity (Wildman–Crippen MR) is 98.6 cm³/mol. The van der Waals surface area contributed by atoms with Gasteiger partial charge in [0, 0.05) is 0 Å². The van der Waals surface area contributed by atoms with E-state index in [4.69, 9.17) is 32.7 Å². The number of rotatable bonds is 5. The highest BCUT2D eigenvalue weighted by Crippen LogP contribution is 2.25. The van der Waals surface area contributed by atoms with Crippen LogP contribution in [0.3, 0.4) is 0 Å². The Balaban J connectivity index is 1.74. The molecule has 0 aromatic heterocycles. The first-order valence-corrected chi connectivity index (χ1v) is 8.32. The lowest BCUT2D eigenvalue weighted by Gasteiger charge is -2.11. The zero-order valence-electron chi connectivity index (χ0n) is 13.1. The van der Waals surface area contributed by atoms with Gasteiger partial charge in [-0.25, -0.2) is 4.79 Å². The summed E-state index contributed by atoms with van der Waals surface area (Å²) in [5.74, 6) is 0.442. The standard InChI is InChI=1S/C20H14Cl2O3/c21-17-11-10-14(12-18(17)22)13-24-19-9-5-4-8-16(19)20(23)25-15-6-2-1-3-7-15/h1-12H,13H2. The first kappa shape index (κ1) is 17.3. The maximum absolute atomic E-state index is 12.4. The van der Waals surface area contributed by atoms with E-state index in [-0.39, 0.29) is 6.61 Å². The van der Waals surface area contributed by atoms with E-state index in [2.05, 4.69) is 0 Å². The van der Waals surface area contributed by atoms with Crippen molar-refractivity contribution in [1.82, 2.24) is 0 Å². The third kappa shape index (κ3) is 4.53. The van der Waals surface area contributed by atoms with Gasteiger partial charge in [0.15, 0.2) is 0 Å². The van der Waals surface area contributed by atoms with Gasteiger partial charge in [0.1, 0.15) is 23.7 Å². The first-order chi connectivity index (χ1) is 12.1. The van der Waals surface area contributed by atoms with Gasteiger partial charge in [0.05, 0.1) is 10.0 Å². The molecule has 0 aliphatic rings. The SMILES string of the molecule is O=C(Oc1ccccc1)c1ccccc1OCc1ccc(Cl)c(Cl)c1. The minimum Gasteiger partial charge on any atom is -0.488 e. The lowest BCUT2D eigenvalue weighted by Crippen LogP contribution is -2.10. The van der Waals surface area contributed by atoms with Gasteiger partial charge in [-0.15, -0.1) is 0 Å².